The fourth-order valence-electron chi connectivity index (χ4n) is 2.28. The van der Waals surface area contributed by atoms with Crippen LogP contribution in [0.1, 0.15) is 5.56 Å². The first-order valence-corrected chi connectivity index (χ1v) is 6.63. The molecule has 0 aliphatic carbocycles. The van der Waals surface area contributed by atoms with Crippen molar-refractivity contribution in [2.24, 2.45) is 0 Å². The molecule has 0 spiro atoms. The van der Waals surface area contributed by atoms with Crippen LogP contribution in [-0.4, -0.2) is 0 Å². The molecule has 0 saturated heterocycles. The Balaban J connectivity index is 1.99. The topological polar surface area (TPSA) is 23.8 Å². The maximum atomic E-state index is 14.3. The number of hydrogen-bond donors (Lipinski definition) is 0. The van der Waals surface area contributed by atoms with Gasteiger partial charge in [0.25, 0.3) is 0 Å². The summed E-state index contributed by atoms with van der Waals surface area (Å²) in [5.74, 6) is -0.247. The fourth-order valence-corrected chi connectivity index (χ4v) is 2.28. The molecule has 0 bridgehead atoms. The Morgan fingerprint density at radius 3 is 2.00 bits per heavy atom. The van der Waals surface area contributed by atoms with E-state index < -0.39 is 0 Å². The maximum Gasteiger partial charge on any atom is 0.131 e. The van der Waals surface area contributed by atoms with Crippen LogP contribution >= 0.6 is 0 Å². The van der Waals surface area contributed by atoms with Crippen LogP contribution in [0.25, 0.3) is 22.3 Å². The van der Waals surface area contributed by atoms with Gasteiger partial charge >= 0.3 is 0 Å². The van der Waals surface area contributed by atoms with Crippen molar-refractivity contribution < 1.29 is 4.39 Å². The molecule has 100 valence electrons. The van der Waals surface area contributed by atoms with Gasteiger partial charge in [0.15, 0.2) is 0 Å². The van der Waals surface area contributed by atoms with Gasteiger partial charge in [0.2, 0.25) is 0 Å². The van der Waals surface area contributed by atoms with E-state index in [1.807, 2.05) is 48.5 Å². The Kier molecular flexibility index (Phi) is 3.49. The highest BCUT2D eigenvalue weighted by Gasteiger charge is 2.07. The second-order valence-corrected chi connectivity index (χ2v) is 4.75. The first-order chi connectivity index (χ1) is 10.3. The minimum atomic E-state index is -0.247. The first-order valence-electron chi connectivity index (χ1n) is 6.63. The summed E-state index contributed by atoms with van der Waals surface area (Å²) in [5, 5.41) is 8.80. The van der Waals surface area contributed by atoms with Crippen LogP contribution < -0.4 is 0 Å². The van der Waals surface area contributed by atoms with Gasteiger partial charge in [-0.3, -0.25) is 0 Å². The third-order valence-corrected chi connectivity index (χ3v) is 3.40. The van der Waals surface area contributed by atoms with Gasteiger partial charge in [0.1, 0.15) is 5.82 Å². The summed E-state index contributed by atoms with van der Waals surface area (Å²) in [4.78, 5) is 0. The highest BCUT2D eigenvalue weighted by atomic mass is 19.1. The summed E-state index contributed by atoms with van der Waals surface area (Å²) < 4.78 is 14.3. The van der Waals surface area contributed by atoms with Gasteiger partial charge in [-0.1, -0.05) is 54.6 Å². The summed E-state index contributed by atoms with van der Waals surface area (Å²) in [5.41, 5.74) is 3.75. The summed E-state index contributed by atoms with van der Waals surface area (Å²) >= 11 is 0. The molecule has 0 aliphatic heterocycles. The molecule has 3 rings (SSSR count). The van der Waals surface area contributed by atoms with E-state index in [1.165, 1.54) is 6.07 Å². The molecule has 0 aromatic heterocycles. The monoisotopic (exact) mass is 273 g/mol. The fraction of sp³-hybridized carbons (Fsp3) is 0. The Labute approximate surface area is 122 Å². The van der Waals surface area contributed by atoms with Crippen molar-refractivity contribution in [2.75, 3.05) is 0 Å². The Hall–Kier alpha value is -2.92. The quantitative estimate of drug-likeness (QED) is 0.642. The molecule has 0 aliphatic rings. The third kappa shape index (κ3) is 2.68. The van der Waals surface area contributed by atoms with Gasteiger partial charge in [-0.2, -0.15) is 5.26 Å². The minimum Gasteiger partial charge on any atom is -0.206 e. The summed E-state index contributed by atoms with van der Waals surface area (Å²) in [6.45, 7) is 0. The highest BCUT2D eigenvalue weighted by molar-refractivity contribution is 5.71. The normalized spacial score (nSPS) is 10.1. The molecule has 3 aromatic rings. The molecular formula is C19H12FN. The molecule has 0 saturated carbocycles. The summed E-state index contributed by atoms with van der Waals surface area (Å²) in [6.07, 6.45) is 0. The molecule has 0 radical (unpaired) electrons. The molecule has 2 heteroatoms. The second-order valence-electron chi connectivity index (χ2n) is 4.75. The zero-order valence-electron chi connectivity index (χ0n) is 11.3. The summed E-state index contributed by atoms with van der Waals surface area (Å²) in [6, 6.07) is 23.9. The molecule has 1 nitrogen and oxygen atoms in total. The largest absolute Gasteiger partial charge is 0.206 e. The van der Waals surface area contributed by atoms with E-state index in [1.54, 1.807) is 18.2 Å². The van der Waals surface area contributed by atoms with E-state index >= 15 is 0 Å². The number of halogens is 1. The van der Waals surface area contributed by atoms with Gasteiger partial charge in [-0.05, 0) is 34.9 Å². The SMILES string of the molecule is N#Cc1ccc(-c2ccc(-c3ccccc3)c(F)c2)cc1. The molecule has 0 fully saturated rings. The number of hydrogen-bond acceptors (Lipinski definition) is 1. The zero-order valence-corrected chi connectivity index (χ0v) is 11.3. The van der Waals surface area contributed by atoms with Crippen LogP contribution in [0.2, 0.25) is 0 Å². The van der Waals surface area contributed by atoms with E-state index in [4.69, 9.17) is 5.26 Å². The van der Waals surface area contributed by atoms with Crippen molar-refractivity contribution in [1.29, 1.82) is 5.26 Å². The Morgan fingerprint density at radius 2 is 1.38 bits per heavy atom. The van der Waals surface area contributed by atoms with Gasteiger partial charge in [0.05, 0.1) is 11.6 Å². The van der Waals surface area contributed by atoms with Crippen molar-refractivity contribution in [3.8, 4) is 28.3 Å². The number of rotatable bonds is 2. The predicted molar refractivity (Wildman–Crippen MR) is 82.0 cm³/mol. The number of nitriles is 1. The number of benzene rings is 3. The highest BCUT2D eigenvalue weighted by Crippen LogP contribution is 2.27. The lowest BCUT2D eigenvalue weighted by molar-refractivity contribution is 0.632. The van der Waals surface area contributed by atoms with Crippen LogP contribution in [0.5, 0.6) is 0 Å². The van der Waals surface area contributed by atoms with E-state index in [-0.39, 0.29) is 5.82 Å². The van der Waals surface area contributed by atoms with Crippen LogP contribution in [0.15, 0.2) is 72.8 Å². The van der Waals surface area contributed by atoms with Gasteiger partial charge in [-0.15, -0.1) is 0 Å². The maximum absolute atomic E-state index is 14.3. The van der Waals surface area contributed by atoms with E-state index in [2.05, 4.69) is 6.07 Å². The van der Waals surface area contributed by atoms with Crippen molar-refractivity contribution in [1.82, 2.24) is 0 Å². The zero-order chi connectivity index (χ0) is 14.7. The standard InChI is InChI=1S/C19H12FN/c20-19-12-17(15-8-6-14(13-21)7-9-15)10-11-18(19)16-4-2-1-3-5-16/h1-12H. The van der Waals surface area contributed by atoms with E-state index in [0.29, 0.717) is 11.1 Å². The van der Waals surface area contributed by atoms with E-state index in [9.17, 15) is 4.39 Å². The van der Waals surface area contributed by atoms with Crippen molar-refractivity contribution >= 4 is 0 Å². The second kappa shape index (κ2) is 5.60. The Bertz CT molecular complexity index is 799. The van der Waals surface area contributed by atoms with Crippen molar-refractivity contribution in [3.63, 3.8) is 0 Å². The predicted octanol–water partition coefficient (Wildman–Crippen LogP) is 5.03. The molecule has 0 amide bonds. The molecule has 0 N–H and O–H groups in total. The molecule has 0 heterocycles. The smallest absolute Gasteiger partial charge is 0.131 e. The van der Waals surface area contributed by atoms with E-state index in [0.717, 1.165) is 16.7 Å². The van der Waals surface area contributed by atoms with Crippen LogP contribution in [-0.2, 0) is 0 Å². The van der Waals surface area contributed by atoms with Gasteiger partial charge in [0, 0.05) is 5.56 Å². The molecule has 3 aromatic carbocycles. The third-order valence-electron chi connectivity index (χ3n) is 3.40. The lowest BCUT2D eigenvalue weighted by atomic mass is 9.99. The average molecular weight is 273 g/mol. The van der Waals surface area contributed by atoms with Crippen molar-refractivity contribution in [2.45, 2.75) is 0 Å². The van der Waals surface area contributed by atoms with Crippen molar-refractivity contribution in [3.05, 3.63) is 84.2 Å². The lowest BCUT2D eigenvalue weighted by Gasteiger charge is -2.07. The van der Waals surface area contributed by atoms with Crippen LogP contribution in [0, 0.1) is 17.1 Å². The van der Waals surface area contributed by atoms with Gasteiger partial charge < -0.3 is 0 Å². The molecule has 21 heavy (non-hydrogen) atoms. The number of nitrogens with zero attached hydrogens (tertiary/aromatic N) is 1. The Morgan fingerprint density at radius 1 is 0.714 bits per heavy atom. The van der Waals surface area contributed by atoms with Crippen LogP contribution in [0.3, 0.4) is 0 Å². The summed E-state index contributed by atoms with van der Waals surface area (Å²) in [7, 11) is 0. The van der Waals surface area contributed by atoms with Crippen LogP contribution in [0.4, 0.5) is 4.39 Å². The van der Waals surface area contributed by atoms with Gasteiger partial charge in [-0.25, -0.2) is 4.39 Å². The molecule has 0 atom stereocenters. The molecular weight excluding hydrogens is 261 g/mol. The average Bonchev–Trinajstić information content (AvgIpc) is 2.55. The lowest BCUT2D eigenvalue weighted by Crippen LogP contribution is -1.86. The first kappa shape index (κ1) is 13.1. The molecule has 0 unspecified atom stereocenters. The minimum absolute atomic E-state index is 0.247.